The zero-order valence-electron chi connectivity index (χ0n) is 17.5. The summed E-state index contributed by atoms with van der Waals surface area (Å²) >= 11 is 0. The first kappa shape index (κ1) is 19.8. The van der Waals surface area contributed by atoms with Crippen LogP contribution in [0.15, 0.2) is 36.7 Å². The average molecular weight is 404 g/mol. The van der Waals surface area contributed by atoms with Crippen molar-refractivity contribution in [3.05, 3.63) is 47.8 Å². The lowest BCUT2D eigenvalue weighted by Crippen LogP contribution is -2.26. The molecule has 0 atom stereocenters. The second kappa shape index (κ2) is 7.38. The highest BCUT2D eigenvalue weighted by Gasteiger charge is 2.28. The number of amides is 1. The van der Waals surface area contributed by atoms with Crippen molar-refractivity contribution in [2.45, 2.75) is 38.1 Å². The van der Waals surface area contributed by atoms with Crippen molar-refractivity contribution in [2.75, 3.05) is 14.2 Å². The van der Waals surface area contributed by atoms with Crippen LogP contribution in [0.4, 0.5) is 0 Å². The lowest BCUT2D eigenvalue weighted by atomic mass is 9.86. The van der Waals surface area contributed by atoms with Gasteiger partial charge in [-0.25, -0.2) is 4.98 Å². The van der Waals surface area contributed by atoms with Gasteiger partial charge < -0.3 is 14.8 Å². The van der Waals surface area contributed by atoms with Crippen LogP contribution >= 0.6 is 0 Å². The van der Waals surface area contributed by atoms with Crippen molar-refractivity contribution >= 4 is 16.9 Å². The van der Waals surface area contributed by atoms with E-state index >= 15 is 0 Å². The van der Waals surface area contributed by atoms with Crippen LogP contribution in [-0.4, -0.2) is 35.7 Å². The van der Waals surface area contributed by atoms with Gasteiger partial charge in [0.1, 0.15) is 23.4 Å². The fourth-order valence-corrected chi connectivity index (χ4v) is 3.42. The maximum Gasteiger partial charge on any atom is 0.259 e. The Labute approximate surface area is 175 Å². The smallest absolute Gasteiger partial charge is 0.259 e. The number of carbonyl (C=O) groups is 1. The van der Waals surface area contributed by atoms with E-state index in [1.165, 1.54) is 14.2 Å². The van der Waals surface area contributed by atoms with Crippen molar-refractivity contribution in [1.29, 1.82) is 5.26 Å². The lowest BCUT2D eigenvalue weighted by molar-refractivity contribution is 0.0945. The van der Waals surface area contributed by atoms with Crippen LogP contribution in [-0.2, 0) is 5.41 Å². The highest BCUT2D eigenvalue weighted by molar-refractivity contribution is 6.00. The molecule has 1 amide bonds. The van der Waals surface area contributed by atoms with E-state index in [4.69, 9.17) is 9.47 Å². The van der Waals surface area contributed by atoms with Crippen molar-refractivity contribution in [3.8, 4) is 23.3 Å². The van der Waals surface area contributed by atoms with Crippen LogP contribution in [0, 0.1) is 11.3 Å². The molecule has 1 heterocycles. The number of imidazole rings is 1. The third-order valence-corrected chi connectivity index (χ3v) is 5.46. The van der Waals surface area contributed by atoms with Crippen molar-refractivity contribution < 1.29 is 14.3 Å². The van der Waals surface area contributed by atoms with Gasteiger partial charge in [0.2, 0.25) is 0 Å². The molecule has 154 valence electrons. The summed E-state index contributed by atoms with van der Waals surface area (Å²) in [5, 5.41) is 12.4. The van der Waals surface area contributed by atoms with Gasteiger partial charge in [-0.05, 0) is 44.4 Å². The number of nitrogens with one attached hydrogen (secondary N) is 1. The third-order valence-electron chi connectivity index (χ3n) is 5.46. The second-order valence-electron chi connectivity index (χ2n) is 8.03. The van der Waals surface area contributed by atoms with E-state index < -0.39 is 5.41 Å². The molecule has 0 saturated heterocycles. The van der Waals surface area contributed by atoms with E-state index in [0.29, 0.717) is 17.1 Å². The predicted octanol–water partition coefficient (Wildman–Crippen LogP) is 3.74. The van der Waals surface area contributed by atoms with Gasteiger partial charge in [-0.2, -0.15) is 5.26 Å². The molecule has 2 aromatic carbocycles. The summed E-state index contributed by atoms with van der Waals surface area (Å²) in [4.78, 5) is 17.2. The Morgan fingerprint density at radius 2 is 1.87 bits per heavy atom. The largest absolute Gasteiger partial charge is 0.496 e. The molecule has 1 aliphatic carbocycles. The van der Waals surface area contributed by atoms with Crippen LogP contribution in [0.2, 0.25) is 0 Å². The summed E-state index contributed by atoms with van der Waals surface area (Å²) in [5.41, 5.74) is 3.13. The van der Waals surface area contributed by atoms with Gasteiger partial charge >= 0.3 is 0 Å². The molecule has 0 unspecified atom stereocenters. The minimum atomic E-state index is -0.596. The normalized spacial score (nSPS) is 13.7. The monoisotopic (exact) mass is 404 g/mol. The van der Waals surface area contributed by atoms with E-state index in [9.17, 15) is 10.1 Å². The first-order valence-electron chi connectivity index (χ1n) is 9.84. The molecule has 3 aromatic rings. The third kappa shape index (κ3) is 3.45. The summed E-state index contributed by atoms with van der Waals surface area (Å²) in [6.45, 7) is 3.76. The highest BCUT2D eigenvalue weighted by Crippen LogP contribution is 2.35. The summed E-state index contributed by atoms with van der Waals surface area (Å²) in [5.74, 6) is 0.676. The van der Waals surface area contributed by atoms with Crippen LogP contribution in [0.1, 0.15) is 42.6 Å². The van der Waals surface area contributed by atoms with Crippen LogP contribution in [0.25, 0.3) is 16.7 Å². The molecule has 1 saturated carbocycles. The molecule has 0 spiro atoms. The predicted molar refractivity (Wildman–Crippen MR) is 113 cm³/mol. The summed E-state index contributed by atoms with van der Waals surface area (Å²) in [7, 11) is 3.07. The molecule has 0 radical (unpaired) electrons. The number of hydrogen-bond acceptors (Lipinski definition) is 5. The molecule has 0 aliphatic heterocycles. The maximum absolute atomic E-state index is 12.7. The number of nitriles is 1. The zero-order valence-corrected chi connectivity index (χ0v) is 17.5. The Morgan fingerprint density at radius 1 is 1.20 bits per heavy atom. The Morgan fingerprint density at radius 3 is 2.43 bits per heavy atom. The fourth-order valence-electron chi connectivity index (χ4n) is 3.42. The SMILES string of the molecule is COc1cc(-n2cnc3cc(C(C)(C)C#N)ccc32)cc(OC)c1C(=O)NC1CC1. The van der Waals surface area contributed by atoms with Gasteiger partial charge in [0.05, 0.1) is 42.4 Å². The average Bonchev–Trinajstić information content (AvgIpc) is 3.47. The van der Waals surface area contributed by atoms with Crippen molar-refractivity contribution in [3.63, 3.8) is 0 Å². The topological polar surface area (TPSA) is 89.2 Å². The van der Waals surface area contributed by atoms with Gasteiger partial charge in [-0.15, -0.1) is 0 Å². The number of benzene rings is 2. The number of hydrogen-bond donors (Lipinski definition) is 1. The number of carbonyl (C=O) groups excluding carboxylic acids is 1. The van der Waals surface area contributed by atoms with E-state index in [0.717, 1.165) is 35.1 Å². The van der Waals surface area contributed by atoms with Crippen LogP contribution in [0.5, 0.6) is 11.5 Å². The molecular weight excluding hydrogens is 380 g/mol. The molecule has 0 bridgehead atoms. The lowest BCUT2D eigenvalue weighted by Gasteiger charge is -2.17. The fraction of sp³-hybridized carbons (Fsp3) is 0.348. The molecule has 7 nitrogen and oxygen atoms in total. The first-order valence-corrected chi connectivity index (χ1v) is 9.84. The summed E-state index contributed by atoms with van der Waals surface area (Å²) in [6.07, 6.45) is 3.71. The maximum atomic E-state index is 12.7. The summed E-state index contributed by atoms with van der Waals surface area (Å²) < 4.78 is 13.0. The molecule has 4 rings (SSSR count). The summed E-state index contributed by atoms with van der Waals surface area (Å²) in [6, 6.07) is 12.0. The molecule has 30 heavy (non-hydrogen) atoms. The van der Waals surface area contributed by atoms with E-state index in [1.807, 2.05) is 36.6 Å². The number of ether oxygens (including phenoxy) is 2. The number of methoxy groups -OCH3 is 2. The molecule has 1 fully saturated rings. The Hall–Kier alpha value is -3.53. The zero-order chi connectivity index (χ0) is 21.5. The van der Waals surface area contributed by atoms with Crippen LogP contribution < -0.4 is 14.8 Å². The van der Waals surface area contributed by atoms with E-state index in [-0.39, 0.29) is 11.9 Å². The van der Waals surface area contributed by atoms with Gasteiger partial charge in [0.25, 0.3) is 5.91 Å². The van der Waals surface area contributed by atoms with Gasteiger partial charge in [0, 0.05) is 18.2 Å². The molecule has 1 aliphatic rings. The standard InChI is InChI=1S/C23H24N4O3/c1-23(2,12-24)14-5-8-18-17(9-14)25-13-27(18)16-10-19(29-3)21(20(11-16)30-4)22(28)26-15-6-7-15/h5,8-11,13,15H,6-7H2,1-4H3,(H,26,28). The van der Waals surface area contributed by atoms with Gasteiger partial charge in [0.15, 0.2) is 0 Å². The molecular formula is C23H24N4O3. The van der Waals surface area contributed by atoms with Crippen LogP contribution in [0.3, 0.4) is 0 Å². The van der Waals surface area contributed by atoms with Crippen molar-refractivity contribution in [2.24, 2.45) is 0 Å². The first-order chi connectivity index (χ1) is 14.4. The van der Waals surface area contributed by atoms with E-state index in [2.05, 4.69) is 16.4 Å². The molecule has 1 N–H and O–H groups in total. The second-order valence-corrected chi connectivity index (χ2v) is 8.03. The Balaban J connectivity index is 1.79. The van der Waals surface area contributed by atoms with E-state index in [1.54, 1.807) is 18.5 Å². The Kier molecular flexibility index (Phi) is 4.86. The highest BCUT2D eigenvalue weighted by atomic mass is 16.5. The number of fused-ring (bicyclic) bond motifs is 1. The number of nitrogens with zero attached hydrogens (tertiary/aromatic N) is 3. The number of aromatic nitrogens is 2. The van der Waals surface area contributed by atoms with Crippen molar-refractivity contribution in [1.82, 2.24) is 14.9 Å². The van der Waals surface area contributed by atoms with Gasteiger partial charge in [-0.3, -0.25) is 9.36 Å². The molecule has 1 aromatic heterocycles. The quantitative estimate of drug-likeness (QED) is 0.676. The molecule has 7 heteroatoms. The minimum absolute atomic E-state index is 0.198. The minimum Gasteiger partial charge on any atom is -0.496 e. The van der Waals surface area contributed by atoms with Gasteiger partial charge in [-0.1, -0.05) is 6.07 Å². The number of rotatable bonds is 6. The Bertz CT molecular complexity index is 1140.